The molecular weight excluding hydrogens is 206 g/mol. The van der Waals surface area contributed by atoms with Gasteiger partial charge in [-0.25, -0.2) is 0 Å². The Morgan fingerprint density at radius 2 is 0.750 bits per heavy atom. The van der Waals surface area contributed by atoms with Crippen molar-refractivity contribution in [2.24, 2.45) is 0 Å². The number of nitrogens with zero attached hydrogens (tertiary/aromatic N) is 6. The van der Waals surface area contributed by atoms with Gasteiger partial charge in [0.25, 0.3) is 0 Å². The van der Waals surface area contributed by atoms with E-state index in [9.17, 15) is 0 Å². The first kappa shape index (κ1) is 14.4. The molecule has 0 unspecified atom stereocenters. The van der Waals surface area contributed by atoms with Crippen LogP contribution in [-0.4, -0.2) is 57.2 Å². The van der Waals surface area contributed by atoms with Gasteiger partial charge in [-0.05, 0) is 0 Å². The summed E-state index contributed by atoms with van der Waals surface area (Å²) in [6.45, 7) is 0. The molecule has 0 aliphatic rings. The van der Waals surface area contributed by atoms with E-state index in [2.05, 4.69) is 15.0 Å². The Balaban J connectivity index is 0.00000225. The van der Waals surface area contributed by atoms with Crippen LogP contribution in [0.1, 0.15) is 0 Å². The minimum atomic E-state index is 0. The van der Waals surface area contributed by atoms with Crippen LogP contribution in [0.5, 0.6) is 0 Å². The molecule has 0 aliphatic heterocycles. The van der Waals surface area contributed by atoms with E-state index in [0.29, 0.717) is 17.8 Å². The Morgan fingerprint density at radius 3 is 0.875 bits per heavy atom. The van der Waals surface area contributed by atoms with E-state index in [4.69, 9.17) is 0 Å². The van der Waals surface area contributed by atoms with E-state index in [-0.39, 0.29) is 6.15 Å². The monoisotopic (exact) mass is 227 g/mol. The molecule has 92 valence electrons. The predicted octanol–water partition coefficient (Wildman–Crippen LogP) is 0.232. The summed E-state index contributed by atoms with van der Waals surface area (Å²) < 4.78 is 0. The quantitative estimate of drug-likeness (QED) is 0.791. The van der Waals surface area contributed by atoms with Crippen LogP contribution < -0.4 is 20.9 Å². The molecule has 0 saturated heterocycles. The zero-order valence-corrected chi connectivity index (χ0v) is 10.9. The second-order valence-electron chi connectivity index (χ2n) is 3.92. The van der Waals surface area contributed by atoms with Crippen molar-refractivity contribution in [3.05, 3.63) is 0 Å². The van der Waals surface area contributed by atoms with Gasteiger partial charge in [-0.2, -0.15) is 15.0 Å². The van der Waals surface area contributed by atoms with Crippen LogP contribution in [0.25, 0.3) is 0 Å². The van der Waals surface area contributed by atoms with E-state index < -0.39 is 0 Å². The largest absolute Gasteiger partial charge is 0.347 e. The van der Waals surface area contributed by atoms with Gasteiger partial charge in [-0.3, -0.25) is 0 Å². The summed E-state index contributed by atoms with van der Waals surface area (Å²) in [5.41, 5.74) is 0. The third-order valence-electron chi connectivity index (χ3n) is 1.80. The van der Waals surface area contributed by atoms with Gasteiger partial charge in [0.1, 0.15) is 0 Å². The SMILES string of the molecule is CN(C)c1nc(N(C)C)nc(N(C)C)n1.N. The lowest BCUT2D eigenvalue weighted by Gasteiger charge is -2.18. The van der Waals surface area contributed by atoms with Crippen molar-refractivity contribution in [2.75, 3.05) is 57.0 Å². The van der Waals surface area contributed by atoms with Crippen molar-refractivity contribution >= 4 is 17.8 Å². The minimum absolute atomic E-state index is 0. The summed E-state index contributed by atoms with van der Waals surface area (Å²) >= 11 is 0. The molecule has 7 nitrogen and oxygen atoms in total. The molecule has 0 fully saturated rings. The Morgan fingerprint density at radius 1 is 0.562 bits per heavy atom. The number of hydrogen-bond acceptors (Lipinski definition) is 7. The lowest BCUT2D eigenvalue weighted by atomic mass is 10.7. The molecule has 0 bridgehead atoms. The predicted molar refractivity (Wildman–Crippen MR) is 67.8 cm³/mol. The Bertz CT molecular complexity index is 270. The van der Waals surface area contributed by atoms with Crippen molar-refractivity contribution in [3.8, 4) is 0 Å². The maximum atomic E-state index is 4.32. The van der Waals surface area contributed by atoms with E-state index in [1.54, 1.807) is 0 Å². The van der Waals surface area contributed by atoms with Crippen LogP contribution in [0.15, 0.2) is 0 Å². The summed E-state index contributed by atoms with van der Waals surface area (Å²) in [4.78, 5) is 18.5. The molecule has 1 rings (SSSR count). The van der Waals surface area contributed by atoms with E-state index >= 15 is 0 Å². The van der Waals surface area contributed by atoms with Crippen molar-refractivity contribution < 1.29 is 0 Å². The standard InChI is InChI=1S/C9H18N6.H3N/c1-13(2)7-10-8(14(3)4)12-9(11-7)15(5)6;/h1-6H3;1H3. The molecule has 0 saturated carbocycles. The number of hydrogen-bond donors (Lipinski definition) is 1. The highest BCUT2D eigenvalue weighted by atomic mass is 15.4. The Hall–Kier alpha value is -1.63. The maximum absolute atomic E-state index is 4.32. The maximum Gasteiger partial charge on any atom is 0.231 e. The molecule has 1 aromatic heterocycles. The molecule has 1 heterocycles. The number of aromatic nitrogens is 3. The molecular formula is C9H21N7. The molecule has 7 heteroatoms. The van der Waals surface area contributed by atoms with Crippen molar-refractivity contribution in [1.29, 1.82) is 0 Å². The first-order valence-corrected chi connectivity index (χ1v) is 4.70. The van der Waals surface area contributed by atoms with Gasteiger partial charge in [0.2, 0.25) is 17.8 Å². The zero-order chi connectivity index (χ0) is 11.6. The molecule has 16 heavy (non-hydrogen) atoms. The van der Waals surface area contributed by atoms with Crippen molar-refractivity contribution in [3.63, 3.8) is 0 Å². The Labute approximate surface area is 96.7 Å². The van der Waals surface area contributed by atoms with Gasteiger partial charge in [-0.1, -0.05) is 0 Å². The second kappa shape index (κ2) is 5.45. The molecule has 0 radical (unpaired) electrons. The summed E-state index contributed by atoms with van der Waals surface area (Å²) in [6, 6.07) is 0. The normalized spacial score (nSPS) is 9.38. The topological polar surface area (TPSA) is 83.4 Å². The van der Waals surface area contributed by atoms with Crippen LogP contribution in [-0.2, 0) is 0 Å². The van der Waals surface area contributed by atoms with Crippen LogP contribution in [0.3, 0.4) is 0 Å². The van der Waals surface area contributed by atoms with E-state index in [0.717, 1.165) is 0 Å². The lowest BCUT2D eigenvalue weighted by molar-refractivity contribution is 0.886. The molecule has 1 aromatic rings. The van der Waals surface area contributed by atoms with Crippen LogP contribution in [0.4, 0.5) is 17.8 Å². The summed E-state index contributed by atoms with van der Waals surface area (Å²) in [5.74, 6) is 1.99. The van der Waals surface area contributed by atoms with Gasteiger partial charge >= 0.3 is 0 Å². The third-order valence-corrected chi connectivity index (χ3v) is 1.80. The van der Waals surface area contributed by atoms with Gasteiger partial charge in [0.05, 0.1) is 0 Å². The molecule has 0 amide bonds. The summed E-state index contributed by atoms with van der Waals surface area (Å²) in [5, 5.41) is 0. The number of rotatable bonds is 3. The average Bonchev–Trinajstić information content (AvgIpc) is 2.16. The molecule has 0 aliphatic carbocycles. The third kappa shape index (κ3) is 3.20. The van der Waals surface area contributed by atoms with Crippen LogP contribution >= 0.6 is 0 Å². The van der Waals surface area contributed by atoms with Crippen molar-refractivity contribution in [1.82, 2.24) is 21.1 Å². The zero-order valence-electron chi connectivity index (χ0n) is 10.9. The first-order valence-electron chi connectivity index (χ1n) is 4.70. The van der Waals surface area contributed by atoms with E-state index in [1.165, 1.54) is 0 Å². The van der Waals surface area contributed by atoms with Crippen molar-refractivity contribution in [2.45, 2.75) is 0 Å². The molecule has 3 N–H and O–H groups in total. The molecule has 0 atom stereocenters. The highest BCUT2D eigenvalue weighted by molar-refractivity contribution is 5.44. The highest BCUT2D eigenvalue weighted by Crippen LogP contribution is 2.14. The van der Waals surface area contributed by atoms with Gasteiger partial charge in [-0.15, -0.1) is 0 Å². The summed E-state index contributed by atoms with van der Waals surface area (Å²) in [6.07, 6.45) is 0. The van der Waals surface area contributed by atoms with Gasteiger partial charge < -0.3 is 20.9 Å². The summed E-state index contributed by atoms with van der Waals surface area (Å²) in [7, 11) is 11.5. The van der Waals surface area contributed by atoms with Crippen LogP contribution in [0, 0.1) is 0 Å². The smallest absolute Gasteiger partial charge is 0.231 e. The fourth-order valence-electron chi connectivity index (χ4n) is 0.943. The highest BCUT2D eigenvalue weighted by Gasteiger charge is 2.10. The minimum Gasteiger partial charge on any atom is -0.347 e. The Kier molecular flexibility index (Phi) is 4.90. The lowest BCUT2D eigenvalue weighted by Crippen LogP contribution is -2.22. The molecule has 0 spiro atoms. The average molecular weight is 227 g/mol. The van der Waals surface area contributed by atoms with Crippen LogP contribution in [0.2, 0.25) is 0 Å². The van der Waals surface area contributed by atoms with Gasteiger partial charge in [0.15, 0.2) is 0 Å². The first-order chi connectivity index (χ1) is 6.91. The van der Waals surface area contributed by atoms with E-state index in [1.807, 2.05) is 57.0 Å². The molecule has 0 aromatic carbocycles. The fourth-order valence-corrected chi connectivity index (χ4v) is 0.943. The fraction of sp³-hybridized carbons (Fsp3) is 0.667. The van der Waals surface area contributed by atoms with Gasteiger partial charge in [0, 0.05) is 42.3 Å². The number of anilines is 3. The second-order valence-corrected chi connectivity index (χ2v) is 3.92.